The van der Waals surface area contributed by atoms with Crippen molar-refractivity contribution in [3.8, 4) is 0 Å². The monoisotopic (exact) mass is 342 g/mol. The molecule has 0 bridgehead atoms. The van der Waals surface area contributed by atoms with Crippen LogP contribution in [0.3, 0.4) is 0 Å². The fraction of sp³-hybridized carbons (Fsp3) is 0. The van der Waals surface area contributed by atoms with Crippen molar-refractivity contribution in [2.75, 3.05) is 0 Å². The van der Waals surface area contributed by atoms with Crippen LogP contribution in [0.1, 0.15) is 0 Å². The molecule has 0 spiro atoms. The first-order valence-corrected chi connectivity index (χ1v) is 5.62. The first kappa shape index (κ1) is 9.77. The lowest BCUT2D eigenvalue weighted by Gasteiger charge is -1.98. The molecule has 6 heteroatoms. The Hall–Kier alpha value is 0.230. The van der Waals surface area contributed by atoms with Gasteiger partial charge in [-0.3, -0.25) is 0 Å². The third kappa shape index (κ3) is 1.61. The van der Waals surface area contributed by atoms with E-state index in [4.69, 9.17) is 23.2 Å². The van der Waals surface area contributed by atoms with Crippen LogP contribution in [0.4, 0.5) is 0 Å². The first-order chi connectivity index (χ1) is 6.09. The lowest BCUT2D eigenvalue weighted by Crippen LogP contribution is -1.76. The Morgan fingerprint density at radius 3 is 2.69 bits per heavy atom. The van der Waals surface area contributed by atoms with Crippen LogP contribution >= 0.6 is 55.1 Å². The van der Waals surface area contributed by atoms with Crippen molar-refractivity contribution in [3.63, 3.8) is 0 Å². The van der Waals surface area contributed by atoms with E-state index in [9.17, 15) is 0 Å². The van der Waals surface area contributed by atoms with E-state index in [0.717, 1.165) is 11.0 Å². The van der Waals surface area contributed by atoms with E-state index in [-0.39, 0.29) is 0 Å². The van der Waals surface area contributed by atoms with Gasteiger partial charge < -0.3 is 4.98 Å². The summed E-state index contributed by atoms with van der Waals surface area (Å²) in [6.45, 7) is 0. The summed E-state index contributed by atoms with van der Waals surface area (Å²) in [5.41, 5.74) is 1.61. The van der Waals surface area contributed by atoms with Crippen molar-refractivity contribution in [1.82, 2.24) is 9.97 Å². The molecule has 0 aliphatic carbocycles. The topological polar surface area (TPSA) is 28.7 Å². The molecule has 1 aromatic heterocycles. The minimum Gasteiger partial charge on any atom is -0.332 e. The molecule has 0 unspecified atom stereocenters. The van der Waals surface area contributed by atoms with Crippen LogP contribution in [-0.4, -0.2) is 9.97 Å². The molecule has 0 saturated heterocycles. The van der Waals surface area contributed by atoms with Gasteiger partial charge in [-0.1, -0.05) is 23.2 Å². The summed E-state index contributed by atoms with van der Waals surface area (Å²) in [4.78, 5) is 7.19. The molecule has 1 N–H and O–H groups in total. The van der Waals surface area contributed by atoms with Gasteiger partial charge in [-0.2, -0.15) is 0 Å². The minimum atomic E-state index is 0.480. The van der Waals surface area contributed by atoms with Gasteiger partial charge in [-0.15, -0.1) is 0 Å². The molecule has 0 atom stereocenters. The quantitative estimate of drug-likeness (QED) is 0.705. The number of nitrogens with zero attached hydrogens (tertiary/aromatic N) is 1. The standard InChI is InChI=1S/C7H2Br2Cl2N2/c8-4-5(11)2(10)1-3-6(4)13-7(9)12-3/h1H,(H,12,13). The SMILES string of the molecule is Clc1cc2[nH]c(Br)nc2c(Br)c1Cl. The summed E-state index contributed by atoms with van der Waals surface area (Å²) in [6.07, 6.45) is 0. The highest BCUT2D eigenvalue weighted by Crippen LogP contribution is 2.36. The van der Waals surface area contributed by atoms with Gasteiger partial charge in [0.05, 0.1) is 20.0 Å². The lowest BCUT2D eigenvalue weighted by molar-refractivity contribution is 1.27. The van der Waals surface area contributed by atoms with Crippen LogP contribution < -0.4 is 0 Å². The molecule has 1 heterocycles. The molecule has 0 aliphatic rings. The number of hydrogen-bond acceptors (Lipinski definition) is 1. The summed E-state index contributed by atoms with van der Waals surface area (Å²) >= 11 is 18.4. The third-order valence-corrected chi connectivity index (χ3v) is 3.75. The van der Waals surface area contributed by atoms with Crippen molar-refractivity contribution >= 4 is 66.1 Å². The Labute approximate surface area is 101 Å². The van der Waals surface area contributed by atoms with Gasteiger partial charge in [0.25, 0.3) is 0 Å². The van der Waals surface area contributed by atoms with E-state index in [1.54, 1.807) is 6.07 Å². The number of nitrogens with one attached hydrogen (secondary N) is 1. The maximum absolute atomic E-state index is 5.92. The second-order valence-corrected chi connectivity index (χ2v) is 4.74. The molecule has 2 nitrogen and oxygen atoms in total. The van der Waals surface area contributed by atoms with E-state index >= 15 is 0 Å². The molecule has 0 radical (unpaired) electrons. The number of benzene rings is 1. The van der Waals surface area contributed by atoms with Crippen molar-refractivity contribution in [3.05, 3.63) is 25.3 Å². The Balaban J connectivity index is 2.92. The predicted molar refractivity (Wildman–Crippen MR) is 61.5 cm³/mol. The molecule has 2 aromatic rings. The van der Waals surface area contributed by atoms with Gasteiger partial charge in [0.2, 0.25) is 0 Å². The average Bonchev–Trinajstić information content (AvgIpc) is 2.42. The predicted octanol–water partition coefficient (Wildman–Crippen LogP) is 4.39. The maximum Gasteiger partial charge on any atom is 0.175 e. The minimum absolute atomic E-state index is 0.480. The summed E-state index contributed by atoms with van der Waals surface area (Å²) in [6, 6.07) is 1.74. The second kappa shape index (κ2) is 3.42. The smallest absolute Gasteiger partial charge is 0.175 e. The maximum atomic E-state index is 5.92. The number of aromatic amines is 1. The molecule has 0 fully saturated rings. The molecule has 68 valence electrons. The summed E-state index contributed by atoms with van der Waals surface area (Å²) in [5, 5.41) is 0.977. The van der Waals surface area contributed by atoms with Gasteiger partial charge in [-0.05, 0) is 37.9 Å². The highest BCUT2D eigenvalue weighted by Gasteiger charge is 2.11. The number of imidazole rings is 1. The second-order valence-electron chi connectivity index (χ2n) is 2.41. The van der Waals surface area contributed by atoms with E-state index in [1.807, 2.05) is 0 Å². The van der Waals surface area contributed by atoms with E-state index in [0.29, 0.717) is 19.3 Å². The molecular formula is C7H2Br2Cl2N2. The Morgan fingerprint density at radius 2 is 2.00 bits per heavy atom. The number of aromatic nitrogens is 2. The summed E-state index contributed by atoms with van der Waals surface area (Å²) in [7, 11) is 0. The Morgan fingerprint density at radius 1 is 1.31 bits per heavy atom. The highest BCUT2D eigenvalue weighted by molar-refractivity contribution is 9.11. The normalized spacial score (nSPS) is 11.1. The fourth-order valence-electron chi connectivity index (χ4n) is 1.03. The van der Waals surface area contributed by atoms with E-state index < -0.39 is 0 Å². The number of hydrogen-bond donors (Lipinski definition) is 1. The lowest BCUT2D eigenvalue weighted by atomic mass is 10.3. The van der Waals surface area contributed by atoms with Crippen LogP contribution in [0.25, 0.3) is 11.0 Å². The molecule has 0 amide bonds. The number of halogens is 4. The number of fused-ring (bicyclic) bond motifs is 1. The summed E-state index contributed by atoms with van der Waals surface area (Å²) < 4.78 is 1.36. The van der Waals surface area contributed by atoms with Crippen LogP contribution in [-0.2, 0) is 0 Å². The van der Waals surface area contributed by atoms with E-state index in [1.165, 1.54) is 0 Å². The van der Waals surface area contributed by atoms with Gasteiger partial charge in [0.1, 0.15) is 5.52 Å². The van der Waals surface area contributed by atoms with Gasteiger partial charge in [0, 0.05) is 0 Å². The van der Waals surface area contributed by atoms with Crippen molar-refractivity contribution < 1.29 is 0 Å². The van der Waals surface area contributed by atoms with Gasteiger partial charge in [0.15, 0.2) is 4.73 Å². The van der Waals surface area contributed by atoms with Crippen LogP contribution in [0, 0.1) is 0 Å². The summed E-state index contributed by atoms with van der Waals surface area (Å²) in [5.74, 6) is 0. The van der Waals surface area contributed by atoms with Gasteiger partial charge in [-0.25, -0.2) is 4.98 Å². The molecule has 1 aromatic carbocycles. The molecule has 0 saturated carbocycles. The zero-order chi connectivity index (χ0) is 9.59. The third-order valence-electron chi connectivity index (χ3n) is 1.58. The molecular weight excluding hydrogens is 343 g/mol. The average molecular weight is 345 g/mol. The van der Waals surface area contributed by atoms with Crippen molar-refractivity contribution in [2.24, 2.45) is 0 Å². The largest absolute Gasteiger partial charge is 0.332 e. The van der Waals surface area contributed by atoms with E-state index in [2.05, 4.69) is 41.8 Å². The number of H-pyrrole nitrogens is 1. The molecule has 2 rings (SSSR count). The zero-order valence-electron chi connectivity index (χ0n) is 6.04. The number of rotatable bonds is 0. The van der Waals surface area contributed by atoms with Crippen LogP contribution in [0.15, 0.2) is 15.3 Å². The highest BCUT2D eigenvalue weighted by atomic mass is 79.9. The molecule has 13 heavy (non-hydrogen) atoms. The first-order valence-electron chi connectivity index (χ1n) is 3.28. The van der Waals surface area contributed by atoms with Crippen LogP contribution in [0.5, 0.6) is 0 Å². The molecule has 0 aliphatic heterocycles. The zero-order valence-corrected chi connectivity index (χ0v) is 10.7. The van der Waals surface area contributed by atoms with Crippen LogP contribution in [0.2, 0.25) is 10.0 Å². The Bertz CT molecular complexity index is 481. The van der Waals surface area contributed by atoms with Crippen molar-refractivity contribution in [1.29, 1.82) is 0 Å². The van der Waals surface area contributed by atoms with Crippen molar-refractivity contribution in [2.45, 2.75) is 0 Å². The fourth-order valence-corrected chi connectivity index (χ4v) is 2.40. The van der Waals surface area contributed by atoms with Gasteiger partial charge >= 0.3 is 0 Å². The Kier molecular flexibility index (Phi) is 2.57.